The molecule has 2 rings (SSSR count). The van der Waals surface area contributed by atoms with Crippen LogP contribution in [0.25, 0.3) is 0 Å². The molecular formula is C10H12BrClN2. The average Bonchev–Trinajstić information content (AvgIpc) is 2.92. The van der Waals surface area contributed by atoms with Crippen molar-refractivity contribution in [2.24, 2.45) is 0 Å². The van der Waals surface area contributed by atoms with E-state index in [1.165, 1.54) is 12.8 Å². The molecule has 1 aromatic rings. The molecule has 76 valence electrons. The van der Waals surface area contributed by atoms with Gasteiger partial charge in [0.05, 0.1) is 10.2 Å². The van der Waals surface area contributed by atoms with Crippen molar-refractivity contribution in [1.29, 1.82) is 0 Å². The van der Waals surface area contributed by atoms with Gasteiger partial charge >= 0.3 is 0 Å². The summed E-state index contributed by atoms with van der Waals surface area (Å²) in [6, 6.07) is 0. The highest BCUT2D eigenvalue weighted by Crippen LogP contribution is 2.43. The monoisotopic (exact) mass is 274 g/mol. The van der Waals surface area contributed by atoms with Gasteiger partial charge in [-0.25, -0.2) is 9.97 Å². The molecule has 2 nitrogen and oxygen atoms in total. The van der Waals surface area contributed by atoms with E-state index in [1.54, 1.807) is 0 Å². The predicted molar refractivity (Wildman–Crippen MR) is 60.8 cm³/mol. The second-order valence-electron chi connectivity index (χ2n) is 4.00. The summed E-state index contributed by atoms with van der Waals surface area (Å²) in [5.41, 5.74) is 1.09. The minimum atomic E-state index is 0.332. The summed E-state index contributed by atoms with van der Waals surface area (Å²) in [4.78, 5) is 8.80. The molecule has 1 saturated carbocycles. The second kappa shape index (κ2) is 3.78. The zero-order valence-electron chi connectivity index (χ0n) is 8.22. The first kappa shape index (κ1) is 10.4. The number of rotatable bonds is 2. The first-order chi connectivity index (χ1) is 6.59. The third-order valence-corrected chi connectivity index (χ3v) is 3.62. The Morgan fingerprint density at radius 2 is 2.00 bits per heavy atom. The van der Waals surface area contributed by atoms with E-state index in [0.717, 1.165) is 16.0 Å². The maximum Gasteiger partial charge on any atom is 0.147 e. The lowest BCUT2D eigenvalue weighted by Gasteiger charge is -2.09. The summed E-state index contributed by atoms with van der Waals surface area (Å²) in [5, 5.41) is 0.547. The fourth-order valence-electron chi connectivity index (χ4n) is 1.34. The van der Waals surface area contributed by atoms with Crippen LogP contribution in [0.15, 0.2) is 4.47 Å². The molecule has 14 heavy (non-hydrogen) atoms. The summed E-state index contributed by atoms with van der Waals surface area (Å²) in [6.45, 7) is 4.16. The standard InChI is InChI=1S/C10H12BrClN2/c1-5(2)10-13-8(6-3-4-6)7(11)9(12)14-10/h5-6H,3-4H2,1-2H3. The number of aromatic nitrogens is 2. The SMILES string of the molecule is CC(C)c1nc(Cl)c(Br)c(C2CC2)n1. The smallest absolute Gasteiger partial charge is 0.147 e. The van der Waals surface area contributed by atoms with E-state index in [0.29, 0.717) is 17.0 Å². The highest BCUT2D eigenvalue weighted by atomic mass is 79.9. The van der Waals surface area contributed by atoms with E-state index in [9.17, 15) is 0 Å². The lowest BCUT2D eigenvalue weighted by molar-refractivity contribution is 0.754. The highest BCUT2D eigenvalue weighted by Gasteiger charge is 2.29. The first-order valence-electron chi connectivity index (χ1n) is 4.82. The Bertz CT molecular complexity index is 361. The predicted octanol–water partition coefficient (Wildman–Crippen LogP) is 3.89. The van der Waals surface area contributed by atoms with E-state index in [1.807, 2.05) is 0 Å². The van der Waals surface area contributed by atoms with Crippen LogP contribution in [0.1, 0.15) is 50.0 Å². The topological polar surface area (TPSA) is 25.8 Å². The maximum atomic E-state index is 6.04. The summed E-state index contributed by atoms with van der Waals surface area (Å²) < 4.78 is 0.881. The molecule has 0 unspecified atom stereocenters. The molecular weight excluding hydrogens is 263 g/mol. The van der Waals surface area contributed by atoms with Crippen molar-refractivity contribution in [3.63, 3.8) is 0 Å². The van der Waals surface area contributed by atoms with Crippen LogP contribution in [0.2, 0.25) is 5.15 Å². The summed E-state index contributed by atoms with van der Waals surface area (Å²) in [7, 11) is 0. The van der Waals surface area contributed by atoms with Gasteiger partial charge in [0, 0.05) is 11.8 Å². The fourth-order valence-corrected chi connectivity index (χ4v) is 2.02. The summed E-state index contributed by atoms with van der Waals surface area (Å²) >= 11 is 9.48. The van der Waals surface area contributed by atoms with Gasteiger partial charge in [0.2, 0.25) is 0 Å². The molecule has 1 heterocycles. The molecule has 0 aliphatic heterocycles. The molecule has 0 bridgehead atoms. The third-order valence-electron chi connectivity index (χ3n) is 2.33. The van der Waals surface area contributed by atoms with Gasteiger partial charge in [0.15, 0.2) is 0 Å². The number of hydrogen-bond donors (Lipinski definition) is 0. The zero-order valence-corrected chi connectivity index (χ0v) is 10.6. The molecule has 0 spiro atoms. The maximum absolute atomic E-state index is 6.04. The van der Waals surface area contributed by atoms with Crippen LogP contribution in [0.5, 0.6) is 0 Å². The Morgan fingerprint density at radius 1 is 1.36 bits per heavy atom. The van der Waals surface area contributed by atoms with Crippen LogP contribution >= 0.6 is 27.5 Å². The molecule has 1 aliphatic rings. The Hall–Kier alpha value is -0.150. The van der Waals surface area contributed by atoms with Crippen molar-refractivity contribution in [2.45, 2.75) is 38.5 Å². The molecule has 0 atom stereocenters. The van der Waals surface area contributed by atoms with Crippen LogP contribution in [-0.4, -0.2) is 9.97 Å². The van der Waals surface area contributed by atoms with Crippen LogP contribution < -0.4 is 0 Å². The van der Waals surface area contributed by atoms with Gasteiger partial charge < -0.3 is 0 Å². The van der Waals surface area contributed by atoms with Gasteiger partial charge in [-0.3, -0.25) is 0 Å². The molecule has 0 N–H and O–H groups in total. The van der Waals surface area contributed by atoms with Crippen molar-refractivity contribution in [1.82, 2.24) is 9.97 Å². The summed E-state index contributed by atoms with van der Waals surface area (Å²) in [5.74, 6) is 1.78. The normalized spacial score (nSPS) is 16.4. The molecule has 4 heteroatoms. The number of halogens is 2. The average molecular weight is 276 g/mol. The molecule has 1 aliphatic carbocycles. The number of nitrogens with zero attached hydrogens (tertiary/aromatic N) is 2. The highest BCUT2D eigenvalue weighted by molar-refractivity contribution is 9.10. The Morgan fingerprint density at radius 3 is 2.50 bits per heavy atom. The first-order valence-corrected chi connectivity index (χ1v) is 5.99. The minimum absolute atomic E-state index is 0.332. The van der Waals surface area contributed by atoms with Gasteiger partial charge in [-0.2, -0.15) is 0 Å². The largest absolute Gasteiger partial charge is 0.236 e. The van der Waals surface area contributed by atoms with Crippen LogP contribution in [0, 0.1) is 0 Å². The Labute approximate surface area is 97.2 Å². The number of hydrogen-bond acceptors (Lipinski definition) is 2. The zero-order chi connectivity index (χ0) is 10.3. The quantitative estimate of drug-likeness (QED) is 0.765. The van der Waals surface area contributed by atoms with Crippen LogP contribution in [0.4, 0.5) is 0 Å². The van der Waals surface area contributed by atoms with Crippen molar-refractivity contribution in [2.75, 3.05) is 0 Å². The third kappa shape index (κ3) is 1.94. The summed E-state index contributed by atoms with van der Waals surface area (Å²) in [6.07, 6.45) is 2.45. The molecule has 0 radical (unpaired) electrons. The molecule has 0 amide bonds. The molecule has 1 aromatic heterocycles. The fraction of sp³-hybridized carbons (Fsp3) is 0.600. The Kier molecular flexibility index (Phi) is 2.80. The lowest BCUT2D eigenvalue weighted by atomic mass is 10.2. The van der Waals surface area contributed by atoms with E-state index in [2.05, 4.69) is 39.7 Å². The van der Waals surface area contributed by atoms with Crippen LogP contribution in [0.3, 0.4) is 0 Å². The van der Waals surface area contributed by atoms with Crippen molar-refractivity contribution < 1.29 is 0 Å². The lowest BCUT2D eigenvalue weighted by Crippen LogP contribution is -2.02. The van der Waals surface area contributed by atoms with Gasteiger partial charge in [-0.1, -0.05) is 25.4 Å². The van der Waals surface area contributed by atoms with Gasteiger partial charge in [0.1, 0.15) is 11.0 Å². The van der Waals surface area contributed by atoms with Gasteiger partial charge in [-0.15, -0.1) is 0 Å². The van der Waals surface area contributed by atoms with E-state index in [4.69, 9.17) is 11.6 Å². The van der Waals surface area contributed by atoms with Crippen molar-refractivity contribution in [3.05, 3.63) is 21.1 Å². The molecule has 0 aromatic carbocycles. The van der Waals surface area contributed by atoms with Crippen LogP contribution in [-0.2, 0) is 0 Å². The van der Waals surface area contributed by atoms with E-state index >= 15 is 0 Å². The van der Waals surface area contributed by atoms with Gasteiger partial charge in [0.25, 0.3) is 0 Å². The molecule has 0 saturated heterocycles. The van der Waals surface area contributed by atoms with E-state index < -0.39 is 0 Å². The van der Waals surface area contributed by atoms with Gasteiger partial charge in [-0.05, 0) is 28.8 Å². The van der Waals surface area contributed by atoms with Crippen molar-refractivity contribution >= 4 is 27.5 Å². The molecule has 1 fully saturated rings. The Balaban J connectivity index is 2.46. The minimum Gasteiger partial charge on any atom is -0.236 e. The second-order valence-corrected chi connectivity index (χ2v) is 5.15. The van der Waals surface area contributed by atoms with Crippen molar-refractivity contribution in [3.8, 4) is 0 Å². The van der Waals surface area contributed by atoms with E-state index in [-0.39, 0.29) is 0 Å².